The second-order valence-electron chi connectivity index (χ2n) is 3.33. The summed E-state index contributed by atoms with van der Waals surface area (Å²) in [7, 11) is 4.82. The Balaban J connectivity index is 3.47. The topological polar surface area (TPSA) is 58.2 Å². The Bertz CT molecular complexity index is 225. The maximum atomic E-state index is 11.2. The molecule has 6 heteroatoms. The van der Waals surface area contributed by atoms with Crippen LogP contribution in [-0.2, 0) is 9.59 Å². The van der Waals surface area contributed by atoms with Crippen molar-refractivity contribution in [2.24, 2.45) is 0 Å². The molecule has 16 heavy (non-hydrogen) atoms. The van der Waals surface area contributed by atoms with Gasteiger partial charge in [0, 0.05) is 25.3 Å². The second kappa shape index (κ2) is 9.84. The summed E-state index contributed by atoms with van der Waals surface area (Å²) in [4.78, 5) is 22.1. The van der Waals surface area contributed by atoms with Crippen LogP contribution in [0.5, 0.6) is 0 Å². The fraction of sp³-hybridized carbons (Fsp3) is 0.800. The molecule has 0 aromatic carbocycles. The number of rotatable bonds is 8. The first-order valence-electron chi connectivity index (χ1n) is 5.35. The predicted octanol–water partition coefficient (Wildman–Crippen LogP) is 1.42. The highest BCUT2D eigenvalue weighted by Gasteiger charge is 2.08. The van der Waals surface area contributed by atoms with Crippen molar-refractivity contribution < 1.29 is 9.59 Å². The molecule has 0 heterocycles. The summed E-state index contributed by atoms with van der Waals surface area (Å²) in [5, 5.41) is 5.72. The van der Waals surface area contributed by atoms with E-state index in [1.165, 1.54) is 10.8 Å². The third-order valence-electron chi connectivity index (χ3n) is 1.85. The van der Waals surface area contributed by atoms with Gasteiger partial charge in [0.05, 0.1) is 5.75 Å². The Morgan fingerprint density at radius 3 is 2.56 bits per heavy atom. The maximum Gasteiger partial charge on any atom is 0.230 e. The lowest BCUT2D eigenvalue weighted by Crippen LogP contribution is -2.23. The Labute approximate surface area is 105 Å². The van der Waals surface area contributed by atoms with E-state index in [9.17, 15) is 9.59 Å². The standard InChI is InChI=1S/C10H20N2O2S2/c1-4-12-9(13)6-5-8(2)16-15-7-10(14)11-3/h8H,4-7H2,1-3H3,(H,11,14)(H,12,13). The van der Waals surface area contributed by atoms with Crippen LogP contribution in [-0.4, -0.2) is 36.4 Å². The average Bonchev–Trinajstić information content (AvgIpc) is 2.26. The van der Waals surface area contributed by atoms with Crippen molar-refractivity contribution in [3.05, 3.63) is 0 Å². The van der Waals surface area contributed by atoms with Gasteiger partial charge in [0.25, 0.3) is 0 Å². The van der Waals surface area contributed by atoms with E-state index in [1.807, 2.05) is 6.92 Å². The Hall–Kier alpha value is -0.360. The zero-order chi connectivity index (χ0) is 12.4. The van der Waals surface area contributed by atoms with Gasteiger partial charge in [-0.05, 0) is 13.3 Å². The Morgan fingerprint density at radius 1 is 1.31 bits per heavy atom. The average molecular weight is 264 g/mol. The van der Waals surface area contributed by atoms with Crippen LogP contribution in [0.25, 0.3) is 0 Å². The molecule has 0 aliphatic carbocycles. The molecule has 0 saturated carbocycles. The van der Waals surface area contributed by atoms with Gasteiger partial charge in [0.2, 0.25) is 11.8 Å². The number of hydrogen-bond donors (Lipinski definition) is 2. The summed E-state index contributed by atoms with van der Waals surface area (Å²) < 4.78 is 0. The van der Waals surface area contributed by atoms with Gasteiger partial charge >= 0.3 is 0 Å². The van der Waals surface area contributed by atoms with Crippen LogP contribution in [0.15, 0.2) is 0 Å². The van der Waals surface area contributed by atoms with E-state index >= 15 is 0 Å². The largest absolute Gasteiger partial charge is 0.358 e. The molecule has 4 nitrogen and oxygen atoms in total. The number of carbonyl (C=O) groups excluding carboxylic acids is 2. The number of amides is 2. The van der Waals surface area contributed by atoms with Crippen LogP contribution < -0.4 is 10.6 Å². The molecule has 1 atom stereocenters. The lowest BCUT2D eigenvalue weighted by atomic mass is 10.2. The molecule has 0 aromatic heterocycles. The minimum absolute atomic E-state index is 0.0356. The summed E-state index contributed by atoms with van der Waals surface area (Å²) in [5.41, 5.74) is 0. The van der Waals surface area contributed by atoms with Crippen LogP contribution in [0.3, 0.4) is 0 Å². The van der Waals surface area contributed by atoms with Gasteiger partial charge in [-0.1, -0.05) is 28.5 Å². The molecule has 2 amide bonds. The highest BCUT2D eigenvalue weighted by atomic mass is 33.1. The number of nitrogens with one attached hydrogen (secondary N) is 2. The normalized spacial score (nSPS) is 11.9. The van der Waals surface area contributed by atoms with Gasteiger partial charge < -0.3 is 10.6 Å². The molecule has 0 rings (SSSR count). The van der Waals surface area contributed by atoms with Crippen molar-refractivity contribution in [1.29, 1.82) is 0 Å². The van der Waals surface area contributed by atoms with Crippen LogP contribution in [0.1, 0.15) is 26.7 Å². The van der Waals surface area contributed by atoms with E-state index in [2.05, 4.69) is 17.6 Å². The third kappa shape index (κ3) is 8.91. The molecule has 0 bridgehead atoms. The molecule has 0 aliphatic heterocycles. The molecule has 0 saturated heterocycles. The summed E-state index contributed by atoms with van der Waals surface area (Å²) >= 11 is 0. The first-order valence-corrected chi connectivity index (χ1v) is 7.73. The van der Waals surface area contributed by atoms with Crippen molar-refractivity contribution in [1.82, 2.24) is 10.6 Å². The van der Waals surface area contributed by atoms with Crippen LogP contribution in [0.4, 0.5) is 0 Å². The maximum absolute atomic E-state index is 11.2. The van der Waals surface area contributed by atoms with Gasteiger partial charge in [0.1, 0.15) is 0 Å². The van der Waals surface area contributed by atoms with Crippen LogP contribution in [0, 0.1) is 0 Å². The Kier molecular flexibility index (Phi) is 9.62. The lowest BCUT2D eigenvalue weighted by Gasteiger charge is -2.09. The highest BCUT2D eigenvalue weighted by Crippen LogP contribution is 2.28. The SMILES string of the molecule is CCNC(=O)CCC(C)SSCC(=O)NC. The summed E-state index contributed by atoms with van der Waals surface area (Å²) in [6.45, 7) is 4.67. The zero-order valence-corrected chi connectivity index (χ0v) is 11.7. The van der Waals surface area contributed by atoms with E-state index in [0.29, 0.717) is 24.0 Å². The summed E-state index contributed by atoms with van der Waals surface area (Å²) in [5.74, 6) is 0.604. The molecular formula is C10H20N2O2S2. The summed E-state index contributed by atoms with van der Waals surface area (Å²) in [6, 6.07) is 0. The quantitative estimate of drug-likeness (QED) is 0.651. The number of carbonyl (C=O) groups is 2. The van der Waals surface area contributed by atoms with Gasteiger partial charge in [-0.15, -0.1) is 0 Å². The lowest BCUT2D eigenvalue weighted by molar-refractivity contribution is -0.121. The van der Waals surface area contributed by atoms with E-state index in [1.54, 1.807) is 17.8 Å². The fourth-order valence-corrected chi connectivity index (χ4v) is 3.22. The van der Waals surface area contributed by atoms with Gasteiger partial charge in [0.15, 0.2) is 0 Å². The monoisotopic (exact) mass is 264 g/mol. The molecule has 0 radical (unpaired) electrons. The van der Waals surface area contributed by atoms with Crippen molar-refractivity contribution in [3.8, 4) is 0 Å². The predicted molar refractivity (Wildman–Crippen MR) is 71.5 cm³/mol. The molecule has 0 aromatic rings. The van der Waals surface area contributed by atoms with E-state index < -0.39 is 0 Å². The first kappa shape index (κ1) is 15.6. The molecule has 94 valence electrons. The van der Waals surface area contributed by atoms with E-state index in [0.717, 1.165) is 6.42 Å². The second-order valence-corrected chi connectivity index (χ2v) is 6.14. The van der Waals surface area contributed by atoms with Gasteiger partial charge in [-0.3, -0.25) is 9.59 Å². The fourth-order valence-electron chi connectivity index (χ4n) is 0.944. The van der Waals surface area contributed by atoms with Crippen LogP contribution in [0.2, 0.25) is 0 Å². The van der Waals surface area contributed by atoms with Gasteiger partial charge in [-0.25, -0.2) is 0 Å². The van der Waals surface area contributed by atoms with Crippen molar-refractivity contribution in [3.63, 3.8) is 0 Å². The number of hydrogen-bond acceptors (Lipinski definition) is 4. The molecule has 0 aliphatic rings. The summed E-state index contributed by atoms with van der Waals surface area (Å²) in [6.07, 6.45) is 1.40. The molecular weight excluding hydrogens is 244 g/mol. The molecule has 1 unspecified atom stereocenters. The van der Waals surface area contributed by atoms with Crippen molar-refractivity contribution >= 4 is 33.4 Å². The molecule has 2 N–H and O–H groups in total. The molecule has 0 spiro atoms. The van der Waals surface area contributed by atoms with Crippen LogP contribution >= 0.6 is 21.6 Å². The first-order chi connectivity index (χ1) is 7.60. The minimum atomic E-state index is 0.0356. The van der Waals surface area contributed by atoms with E-state index in [-0.39, 0.29) is 11.8 Å². The van der Waals surface area contributed by atoms with Gasteiger partial charge in [-0.2, -0.15) is 0 Å². The van der Waals surface area contributed by atoms with E-state index in [4.69, 9.17) is 0 Å². The highest BCUT2D eigenvalue weighted by molar-refractivity contribution is 8.77. The minimum Gasteiger partial charge on any atom is -0.358 e. The third-order valence-corrected chi connectivity index (χ3v) is 4.68. The van der Waals surface area contributed by atoms with Crippen molar-refractivity contribution in [2.75, 3.05) is 19.3 Å². The smallest absolute Gasteiger partial charge is 0.230 e. The zero-order valence-electron chi connectivity index (χ0n) is 10.0. The Morgan fingerprint density at radius 2 is 2.00 bits per heavy atom. The molecule has 0 fully saturated rings. The van der Waals surface area contributed by atoms with Crippen molar-refractivity contribution in [2.45, 2.75) is 31.9 Å².